The van der Waals surface area contributed by atoms with Crippen LogP contribution in [0.3, 0.4) is 0 Å². The van der Waals surface area contributed by atoms with Crippen LogP contribution in [0.25, 0.3) is 0 Å². The van der Waals surface area contributed by atoms with E-state index in [4.69, 9.17) is 4.74 Å². The molecule has 0 bridgehead atoms. The molecule has 6 nitrogen and oxygen atoms in total. The summed E-state index contributed by atoms with van der Waals surface area (Å²) < 4.78 is 45.4. The summed E-state index contributed by atoms with van der Waals surface area (Å²) in [6.45, 7) is 0.0538. The number of carbonyl (C=O) groups is 1. The number of rotatable bonds is 6. The fourth-order valence-corrected chi connectivity index (χ4v) is 2.13. The van der Waals surface area contributed by atoms with Gasteiger partial charge in [0, 0.05) is 12.6 Å². The predicted molar refractivity (Wildman–Crippen MR) is 82.0 cm³/mol. The third-order valence-corrected chi connectivity index (χ3v) is 3.40. The first-order valence-corrected chi connectivity index (χ1v) is 7.08. The van der Waals surface area contributed by atoms with Crippen LogP contribution in [0.5, 0.6) is 5.75 Å². The minimum absolute atomic E-state index is 0.0538. The molecule has 0 atom stereocenters. The van der Waals surface area contributed by atoms with E-state index in [1.165, 1.54) is 7.11 Å². The van der Waals surface area contributed by atoms with Crippen LogP contribution in [0.15, 0.2) is 30.3 Å². The number of nitro groups is 1. The van der Waals surface area contributed by atoms with Crippen molar-refractivity contribution in [3.05, 3.63) is 69.0 Å². The van der Waals surface area contributed by atoms with E-state index in [1.807, 2.05) is 0 Å². The zero-order chi connectivity index (χ0) is 18.6. The number of ether oxygens (including phenoxy) is 1. The van der Waals surface area contributed by atoms with Crippen LogP contribution >= 0.6 is 0 Å². The third-order valence-electron chi connectivity index (χ3n) is 3.40. The van der Waals surface area contributed by atoms with Crippen molar-refractivity contribution in [3.63, 3.8) is 0 Å². The quantitative estimate of drug-likeness (QED) is 0.491. The average Bonchev–Trinajstić information content (AvgIpc) is 2.59. The lowest BCUT2D eigenvalue weighted by atomic mass is 10.1. The van der Waals surface area contributed by atoms with Gasteiger partial charge in [-0.05, 0) is 24.1 Å². The van der Waals surface area contributed by atoms with Crippen molar-refractivity contribution in [2.24, 2.45) is 0 Å². The molecule has 2 aromatic carbocycles. The monoisotopic (exact) mass is 354 g/mol. The molecule has 0 saturated heterocycles. The molecule has 9 heteroatoms. The van der Waals surface area contributed by atoms with Crippen LogP contribution in [0.1, 0.15) is 15.9 Å². The molecule has 0 aliphatic rings. The van der Waals surface area contributed by atoms with E-state index >= 15 is 0 Å². The van der Waals surface area contributed by atoms with Gasteiger partial charge in [0.1, 0.15) is 5.75 Å². The number of nitrogens with zero attached hydrogens (tertiary/aromatic N) is 1. The van der Waals surface area contributed by atoms with Crippen LogP contribution in [0.4, 0.5) is 18.9 Å². The highest BCUT2D eigenvalue weighted by Gasteiger charge is 2.28. The number of hydrogen-bond donors (Lipinski definition) is 1. The fourth-order valence-electron chi connectivity index (χ4n) is 2.13. The molecule has 0 heterocycles. The summed E-state index contributed by atoms with van der Waals surface area (Å²) in [6.07, 6.45) is 0.357. The van der Waals surface area contributed by atoms with Gasteiger partial charge in [-0.3, -0.25) is 14.9 Å². The van der Waals surface area contributed by atoms with Crippen molar-refractivity contribution >= 4 is 11.6 Å². The molecule has 2 rings (SSSR count). The highest BCUT2D eigenvalue weighted by atomic mass is 19.2. The Balaban J connectivity index is 2.11. The van der Waals surface area contributed by atoms with Crippen molar-refractivity contribution in [3.8, 4) is 5.75 Å². The van der Waals surface area contributed by atoms with E-state index in [0.29, 0.717) is 18.2 Å². The van der Waals surface area contributed by atoms with Crippen molar-refractivity contribution in [2.45, 2.75) is 6.42 Å². The van der Waals surface area contributed by atoms with Crippen LogP contribution in [-0.4, -0.2) is 24.5 Å². The lowest BCUT2D eigenvalue weighted by molar-refractivity contribution is -0.387. The molecular formula is C16H13F3N2O4. The molecule has 0 saturated carbocycles. The van der Waals surface area contributed by atoms with Gasteiger partial charge in [0.25, 0.3) is 5.91 Å². The first kappa shape index (κ1) is 18.2. The van der Waals surface area contributed by atoms with Crippen molar-refractivity contribution in [1.29, 1.82) is 0 Å². The summed E-state index contributed by atoms with van der Waals surface area (Å²) in [5, 5.41) is 13.0. The second kappa shape index (κ2) is 7.65. The molecule has 0 aliphatic carbocycles. The largest absolute Gasteiger partial charge is 0.497 e. The van der Waals surface area contributed by atoms with Gasteiger partial charge >= 0.3 is 5.69 Å². The SMILES string of the molecule is COc1cccc(CCNC(=O)c2cc([N+](=O)[O-])c(F)c(F)c2F)c1. The number of benzene rings is 2. The summed E-state index contributed by atoms with van der Waals surface area (Å²) in [6, 6.07) is 7.35. The second-order valence-electron chi connectivity index (χ2n) is 5.00. The Hall–Kier alpha value is -3.10. The number of halogens is 3. The molecular weight excluding hydrogens is 341 g/mol. The molecule has 1 N–H and O–H groups in total. The Labute approximate surface area is 140 Å². The number of amides is 1. The molecule has 0 unspecified atom stereocenters. The average molecular weight is 354 g/mol. The van der Waals surface area contributed by atoms with E-state index < -0.39 is 39.5 Å². The molecule has 2 aromatic rings. The molecule has 0 aliphatic heterocycles. The smallest absolute Gasteiger partial charge is 0.308 e. The van der Waals surface area contributed by atoms with Gasteiger partial charge in [-0.2, -0.15) is 4.39 Å². The van der Waals surface area contributed by atoms with Gasteiger partial charge in [0.05, 0.1) is 17.6 Å². The molecule has 25 heavy (non-hydrogen) atoms. The molecule has 0 aromatic heterocycles. The number of carbonyl (C=O) groups excluding carboxylic acids is 1. The lowest BCUT2D eigenvalue weighted by Gasteiger charge is -2.08. The van der Waals surface area contributed by atoms with Crippen LogP contribution < -0.4 is 10.1 Å². The number of methoxy groups -OCH3 is 1. The maximum Gasteiger partial charge on any atom is 0.308 e. The van der Waals surface area contributed by atoms with Gasteiger partial charge < -0.3 is 10.1 Å². The summed E-state index contributed by atoms with van der Waals surface area (Å²) in [4.78, 5) is 21.4. The van der Waals surface area contributed by atoms with Crippen LogP contribution in [0.2, 0.25) is 0 Å². The number of nitro benzene ring substituents is 1. The van der Waals surface area contributed by atoms with Gasteiger partial charge in [0.15, 0.2) is 5.82 Å². The van der Waals surface area contributed by atoms with E-state index in [1.54, 1.807) is 24.3 Å². The molecule has 0 radical (unpaired) electrons. The Morgan fingerprint density at radius 1 is 1.20 bits per heavy atom. The van der Waals surface area contributed by atoms with E-state index in [2.05, 4.69) is 5.32 Å². The zero-order valence-electron chi connectivity index (χ0n) is 13.0. The molecule has 132 valence electrons. The van der Waals surface area contributed by atoms with Crippen molar-refractivity contribution in [1.82, 2.24) is 5.32 Å². The van der Waals surface area contributed by atoms with E-state index in [-0.39, 0.29) is 6.54 Å². The van der Waals surface area contributed by atoms with Crippen molar-refractivity contribution in [2.75, 3.05) is 13.7 Å². The summed E-state index contributed by atoms with van der Waals surface area (Å²) in [5.74, 6) is -6.25. The summed E-state index contributed by atoms with van der Waals surface area (Å²) in [7, 11) is 1.50. The highest BCUT2D eigenvalue weighted by Crippen LogP contribution is 2.25. The van der Waals surface area contributed by atoms with Crippen LogP contribution in [-0.2, 0) is 6.42 Å². The van der Waals surface area contributed by atoms with Crippen LogP contribution in [0, 0.1) is 27.6 Å². The van der Waals surface area contributed by atoms with Gasteiger partial charge in [-0.25, -0.2) is 8.78 Å². The summed E-state index contributed by atoms with van der Waals surface area (Å²) in [5.41, 5.74) is -1.43. The molecule has 0 fully saturated rings. The first-order valence-electron chi connectivity index (χ1n) is 7.08. The lowest BCUT2D eigenvalue weighted by Crippen LogP contribution is -2.27. The minimum atomic E-state index is -2.06. The number of hydrogen-bond acceptors (Lipinski definition) is 4. The number of nitrogens with one attached hydrogen (secondary N) is 1. The first-order chi connectivity index (χ1) is 11.8. The van der Waals surface area contributed by atoms with Gasteiger partial charge in [-0.15, -0.1) is 0 Å². The van der Waals surface area contributed by atoms with Gasteiger partial charge in [0.2, 0.25) is 11.6 Å². The Kier molecular flexibility index (Phi) is 5.58. The Bertz CT molecular complexity index is 827. The topological polar surface area (TPSA) is 81.5 Å². The van der Waals surface area contributed by atoms with E-state index in [9.17, 15) is 28.1 Å². The Morgan fingerprint density at radius 3 is 2.56 bits per heavy atom. The highest BCUT2D eigenvalue weighted by molar-refractivity contribution is 5.95. The fraction of sp³-hybridized carbons (Fsp3) is 0.188. The molecule has 1 amide bonds. The zero-order valence-corrected chi connectivity index (χ0v) is 13.0. The minimum Gasteiger partial charge on any atom is -0.497 e. The van der Waals surface area contributed by atoms with Gasteiger partial charge in [-0.1, -0.05) is 12.1 Å². The maximum absolute atomic E-state index is 13.7. The molecule has 0 spiro atoms. The standard InChI is InChI=1S/C16H13F3N2O4/c1-25-10-4-2-3-9(7-10)5-6-20-16(22)11-8-12(21(23)24)14(18)15(19)13(11)17/h2-4,7-8H,5-6H2,1H3,(H,20,22). The second-order valence-corrected chi connectivity index (χ2v) is 5.00. The summed E-state index contributed by atoms with van der Waals surface area (Å²) >= 11 is 0. The Morgan fingerprint density at radius 2 is 1.92 bits per heavy atom. The third kappa shape index (κ3) is 4.06. The normalized spacial score (nSPS) is 10.4. The van der Waals surface area contributed by atoms with E-state index in [0.717, 1.165) is 5.56 Å². The maximum atomic E-state index is 13.7. The predicted octanol–water partition coefficient (Wildman–Crippen LogP) is 2.99. The van der Waals surface area contributed by atoms with Crippen molar-refractivity contribution < 1.29 is 27.6 Å².